The SMILES string of the molecule is Cc1ccc(Cl)c([C@H](N)CCCCN)c1F. The third-order valence-electron chi connectivity index (χ3n) is 2.66. The highest BCUT2D eigenvalue weighted by Crippen LogP contribution is 2.29. The van der Waals surface area contributed by atoms with E-state index in [1.54, 1.807) is 19.1 Å². The molecule has 0 aromatic heterocycles. The molecule has 16 heavy (non-hydrogen) atoms. The highest BCUT2D eigenvalue weighted by atomic mass is 35.5. The predicted molar refractivity (Wildman–Crippen MR) is 66.0 cm³/mol. The standard InChI is InChI=1S/C12H18ClFN2/c1-8-5-6-9(13)11(12(8)14)10(16)4-2-3-7-15/h5-6,10H,2-4,7,15-16H2,1H3/t10-/m1/s1. The number of hydrogen-bond donors (Lipinski definition) is 2. The van der Waals surface area contributed by atoms with Crippen molar-refractivity contribution in [1.29, 1.82) is 0 Å². The summed E-state index contributed by atoms with van der Waals surface area (Å²) in [6.07, 6.45) is 2.50. The Balaban J connectivity index is 2.81. The summed E-state index contributed by atoms with van der Waals surface area (Å²) >= 11 is 5.96. The maximum atomic E-state index is 13.8. The second kappa shape index (κ2) is 6.18. The zero-order valence-corrected chi connectivity index (χ0v) is 10.2. The molecule has 0 fully saturated rings. The number of halogens is 2. The molecule has 0 aliphatic rings. The number of benzene rings is 1. The van der Waals surface area contributed by atoms with E-state index in [0.717, 1.165) is 12.8 Å². The minimum absolute atomic E-state index is 0.284. The Morgan fingerprint density at radius 3 is 2.69 bits per heavy atom. The van der Waals surface area contributed by atoms with Crippen molar-refractivity contribution in [2.24, 2.45) is 11.5 Å². The first-order chi connectivity index (χ1) is 7.57. The van der Waals surface area contributed by atoms with E-state index in [0.29, 0.717) is 29.1 Å². The number of nitrogens with two attached hydrogens (primary N) is 2. The minimum atomic E-state index is -0.348. The Labute approximate surface area is 101 Å². The van der Waals surface area contributed by atoms with Crippen LogP contribution in [0.4, 0.5) is 4.39 Å². The van der Waals surface area contributed by atoms with Crippen molar-refractivity contribution < 1.29 is 4.39 Å². The molecule has 4 N–H and O–H groups in total. The highest BCUT2D eigenvalue weighted by Gasteiger charge is 2.16. The fraction of sp³-hybridized carbons (Fsp3) is 0.500. The normalized spacial score (nSPS) is 12.8. The molecule has 0 heterocycles. The monoisotopic (exact) mass is 244 g/mol. The van der Waals surface area contributed by atoms with Crippen molar-refractivity contribution in [3.05, 3.63) is 34.1 Å². The second-order valence-electron chi connectivity index (χ2n) is 3.98. The van der Waals surface area contributed by atoms with Crippen molar-refractivity contribution >= 4 is 11.6 Å². The molecule has 0 amide bonds. The van der Waals surface area contributed by atoms with E-state index in [4.69, 9.17) is 23.1 Å². The molecule has 1 aromatic rings. The van der Waals surface area contributed by atoms with E-state index in [1.807, 2.05) is 0 Å². The van der Waals surface area contributed by atoms with Gasteiger partial charge in [-0.15, -0.1) is 0 Å². The van der Waals surface area contributed by atoms with Gasteiger partial charge in [0.05, 0.1) is 0 Å². The average molecular weight is 245 g/mol. The summed E-state index contributed by atoms with van der Waals surface area (Å²) < 4.78 is 13.8. The molecule has 1 atom stereocenters. The van der Waals surface area contributed by atoms with Crippen LogP contribution in [0.15, 0.2) is 12.1 Å². The van der Waals surface area contributed by atoms with Gasteiger partial charge < -0.3 is 11.5 Å². The summed E-state index contributed by atoms with van der Waals surface area (Å²) in [5, 5.41) is 0.406. The van der Waals surface area contributed by atoms with Gasteiger partial charge in [-0.1, -0.05) is 24.1 Å². The summed E-state index contributed by atoms with van der Waals surface area (Å²) in [6.45, 7) is 2.35. The van der Waals surface area contributed by atoms with E-state index in [9.17, 15) is 4.39 Å². The van der Waals surface area contributed by atoms with Crippen LogP contribution in [0.1, 0.15) is 36.4 Å². The zero-order chi connectivity index (χ0) is 12.1. The van der Waals surface area contributed by atoms with Gasteiger partial charge >= 0.3 is 0 Å². The first-order valence-electron chi connectivity index (χ1n) is 5.48. The Kier molecular flexibility index (Phi) is 5.19. The maximum absolute atomic E-state index is 13.8. The van der Waals surface area contributed by atoms with E-state index in [1.165, 1.54) is 0 Å². The molecule has 0 spiro atoms. The topological polar surface area (TPSA) is 52.0 Å². The van der Waals surface area contributed by atoms with Crippen LogP contribution >= 0.6 is 11.6 Å². The quantitative estimate of drug-likeness (QED) is 0.783. The van der Waals surface area contributed by atoms with Crippen LogP contribution in [0, 0.1) is 12.7 Å². The molecule has 1 rings (SSSR count). The van der Waals surface area contributed by atoms with E-state index in [-0.39, 0.29) is 11.9 Å². The van der Waals surface area contributed by atoms with Crippen LogP contribution in [-0.4, -0.2) is 6.54 Å². The molecule has 4 heteroatoms. The van der Waals surface area contributed by atoms with Crippen LogP contribution in [-0.2, 0) is 0 Å². The van der Waals surface area contributed by atoms with Gasteiger partial charge in [0.15, 0.2) is 0 Å². The van der Waals surface area contributed by atoms with Crippen LogP contribution in [0.25, 0.3) is 0 Å². The molecule has 0 saturated carbocycles. The van der Waals surface area contributed by atoms with Gasteiger partial charge in [0.2, 0.25) is 0 Å². The lowest BCUT2D eigenvalue weighted by atomic mass is 9.99. The molecule has 1 aromatic carbocycles. The van der Waals surface area contributed by atoms with Gasteiger partial charge in [0.1, 0.15) is 5.82 Å². The van der Waals surface area contributed by atoms with E-state index < -0.39 is 0 Å². The largest absolute Gasteiger partial charge is 0.330 e. The van der Waals surface area contributed by atoms with Gasteiger partial charge in [0, 0.05) is 16.6 Å². The second-order valence-corrected chi connectivity index (χ2v) is 4.39. The molecular formula is C12H18ClFN2. The third kappa shape index (κ3) is 3.17. The first kappa shape index (κ1) is 13.4. The van der Waals surface area contributed by atoms with Gasteiger partial charge in [-0.05, 0) is 37.9 Å². The van der Waals surface area contributed by atoms with Gasteiger partial charge in [0.25, 0.3) is 0 Å². The minimum Gasteiger partial charge on any atom is -0.330 e. The predicted octanol–water partition coefficient (Wildman–Crippen LogP) is 2.92. The van der Waals surface area contributed by atoms with E-state index >= 15 is 0 Å². The molecule has 0 aliphatic carbocycles. The van der Waals surface area contributed by atoms with Gasteiger partial charge in [-0.3, -0.25) is 0 Å². The van der Waals surface area contributed by atoms with Crippen molar-refractivity contribution in [2.45, 2.75) is 32.2 Å². The summed E-state index contributed by atoms with van der Waals surface area (Å²) in [4.78, 5) is 0. The Morgan fingerprint density at radius 1 is 1.38 bits per heavy atom. The Hall–Kier alpha value is -0.640. The number of hydrogen-bond acceptors (Lipinski definition) is 2. The Morgan fingerprint density at radius 2 is 2.06 bits per heavy atom. The van der Waals surface area contributed by atoms with Crippen LogP contribution < -0.4 is 11.5 Å². The molecule has 0 saturated heterocycles. The van der Waals surface area contributed by atoms with Crippen LogP contribution in [0.3, 0.4) is 0 Å². The fourth-order valence-electron chi connectivity index (χ4n) is 1.67. The molecule has 2 nitrogen and oxygen atoms in total. The van der Waals surface area contributed by atoms with Crippen molar-refractivity contribution in [2.75, 3.05) is 6.54 Å². The molecule has 0 aliphatic heterocycles. The molecule has 0 unspecified atom stereocenters. The van der Waals surface area contributed by atoms with Gasteiger partial charge in [-0.25, -0.2) is 4.39 Å². The number of rotatable bonds is 5. The van der Waals surface area contributed by atoms with Crippen LogP contribution in [0.5, 0.6) is 0 Å². The molecule has 0 radical (unpaired) electrons. The highest BCUT2D eigenvalue weighted by molar-refractivity contribution is 6.31. The number of aryl methyl sites for hydroxylation is 1. The molecule has 90 valence electrons. The first-order valence-corrected chi connectivity index (χ1v) is 5.86. The van der Waals surface area contributed by atoms with Crippen molar-refractivity contribution in [3.8, 4) is 0 Å². The lowest BCUT2D eigenvalue weighted by Crippen LogP contribution is -2.14. The average Bonchev–Trinajstić information content (AvgIpc) is 2.24. The van der Waals surface area contributed by atoms with Crippen molar-refractivity contribution in [1.82, 2.24) is 0 Å². The number of unbranched alkanes of at least 4 members (excludes halogenated alkanes) is 1. The van der Waals surface area contributed by atoms with E-state index in [2.05, 4.69) is 0 Å². The summed E-state index contributed by atoms with van der Waals surface area (Å²) in [5.41, 5.74) is 12.3. The summed E-state index contributed by atoms with van der Waals surface area (Å²) in [6, 6.07) is 3.00. The smallest absolute Gasteiger partial charge is 0.132 e. The third-order valence-corrected chi connectivity index (χ3v) is 2.99. The summed E-state index contributed by atoms with van der Waals surface area (Å²) in [7, 11) is 0. The fourth-order valence-corrected chi connectivity index (χ4v) is 1.96. The lowest BCUT2D eigenvalue weighted by molar-refractivity contribution is 0.539. The molecule has 0 bridgehead atoms. The zero-order valence-electron chi connectivity index (χ0n) is 9.47. The molecular weight excluding hydrogens is 227 g/mol. The maximum Gasteiger partial charge on any atom is 0.132 e. The van der Waals surface area contributed by atoms with Crippen LogP contribution in [0.2, 0.25) is 5.02 Å². The lowest BCUT2D eigenvalue weighted by Gasteiger charge is -2.15. The Bertz CT molecular complexity index is 355. The van der Waals surface area contributed by atoms with Gasteiger partial charge in [-0.2, -0.15) is 0 Å². The summed E-state index contributed by atoms with van der Waals surface area (Å²) in [5.74, 6) is -0.284. The van der Waals surface area contributed by atoms with Crippen molar-refractivity contribution in [3.63, 3.8) is 0 Å².